The van der Waals surface area contributed by atoms with Crippen LogP contribution in [0.2, 0.25) is 0 Å². The number of aromatic amines is 1. The number of ether oxygens (including phenoxy) is 2. The van der Waals surface area contributed by atoms with Crippen molar-refractivity contribution in [3.63, 3.8) is 0 Å². The summed E-state index contributed by atoms with van der Waals surface area (Å²) in [5.41, 5.74) is 2.63. The van der Waals surface area contributed by atoms with Gasteiger partial charge in [-0.2, -0.15) is 5.21 Å². The topological polar surface area (TPSA) is 143 Å². The number of rotatable bonds is 7. The Bertz CT molecular complexity index is 1680. The number of aryl methyl sites for hydroxylation is 1. The summed E-state index contributed by atoms with van der Waals surface area (Å²) >= 11 is 0. The first-order chi connectivity index (χ1) is 21.0. The standard InChI is InChI=1S/C32H37N7O5/c1-19(38(5)31(42)44-32(2,3)4)29(40)33-25-16-14-20-10-7-8-13-26(20)39(30(25)41)18-24-21-11-9-12-23(28-34-36-37-35-28)22(21)15-17-27(24)43-6/h7-13,15,17,19,25H,14,16,18H2,1-6H3,(H,33,40)(H,34,35,36,37)/t19-,25-/m0/s1. The number of hydrogen-bond donors (Lipinski definition) is 2. The van der Waals surface area contributed by atoms with Crippen LogP contribution in [0.3, 0.4) is 0 Å². The van der Waals surface area contributed by atoms with E-state index < -0.39 is 29.7 Å². The monoisotopic (exact) mass is 599 g/mol. The summed E-state index contributed by atoms with van der Waals surface area (Å²) in [6.45, 7) is 7.08. The zero-order valence-electron chi connectivity index (χ0n) is 25.7. The number of carbonyl (C=O) groups is 3. The van der Waals surface area contributed by atoms with E-state index in [9.17, 15) is 14.4 Å². The van der Waals surface area contributed by atoms with Crippen LogP contribution in [0.5, 0.6) is 5.75 Å². The number of nitrogens with one attached hydrogen (secondary N) is 2. The van der Waals surface area contributed by atoms with E-state index >= 15 is 0 Å². The van der Waals surface area contributed by atoms with Crippen LogP contribution in [0.1, 0.15) is 45.2 Å². The third-order valence-corrected chi connectivity index (χ3v) is 7.76. The van der Waals surface area contributed by atoms with Crippen molar-refractivity contribution in [2.75, 3.05) is 19.1 Å². The Morgan fingerprint density at radius 1 is 1.11 bits per heavy atom. The highest BCUT2D eigenvalue weighted by atomic mass is 16.6. The highest BCUT2D eigenvalue weighted by Crippen LogP contribution is 2.36. The number of anilines is 1. The van der Waals surface area contributed by atoms with Crippen molar-refractivity contribution in [1.82, 2.24) is 30.8 Å². The number of amides is 3. The molecule has 5 rings (SSSR count). The summed E-state index contributed by atoms with van der Waals surface area (Å²) < 4.78 is 11.2. The summed E-state index contributed by atoms with van der Waals surface area (Å²) in [5, 5.41) is 19.2. The number of fused-ring (bicyclic) bond motifs is 2. The number of nitrogens with zero attached hydrogens (tertiary/aromatic N) is 5. The molecule has 4 aromatic rings. The van der Waals surface area contributed by atoms with Gasteiger partial charge < -0.3 is 19.7 Å². The minimum atomic E-state index is -0.863. The predicted octanol–water partition coefficient (Wildman–Crippen LogP) is 4.25. The molecule has 1 aliphatic heterocycles. The van der Waals surface area contributed by atoms with Crippen LogP contribution >= 0.6 is 0 Å². The Labute approximate surface area is 255 Å². The summed E-state index contributed by atoms with van der Waals surface area (Å²) in [7, 11) is 3.10. The Kier molecular flexibility index (Phi) is 8.52. The maximum Gasteiger partial charge on any atom is 0.410 e. The molecule has 0 fully saturated rings. The van der Waals surface area contributed by atoms with E-state index in [0.29, 0.717) is 24.4 Å². The average Bonchev–Trinajstić information content (AvgIpc) is 3.50. The van der Waals surface area contributed by atoms with Crippen LogP contribution in [-0.2, 0) is 27.3 Å². The van der Waals surface area contributed by atoms with E-state index in [1.54, 1.807) is 39.7 Å². The van der Waals surface area contributed by atoms with Gasteiger partial charge in [-0.15, -0.1) is 10.2 Å². The second-order valence-electron chi connectivity index (χ2n) is 11.8. The Balaban J connectivity index is 1.48. The van der Waals surface area contributed by atoms with Crippen molar-refractivity contribution >= 4 is 34.4 Å². The normalized spacial score (nSPS) is 15.7. The molecule has 0 unspecified atom stereocenters. The second-order valence-corrected chi connectivity index (χ2v) is 11.8. The smallest absolute Gasteiger partial charge is 0.410 e. The number of methoxy groups -OCH3 is 1. The number of likely N-dealkylation sites (N-methyl/N-ethyl adjacent to an activating group) is 1. The molecule has 230 valence electrons. The molecule has 2 N–H and O–H groups in total. The maximum absolute atomic E-state index is 14.3. The maximum atomic E-state index is 14.3. The first-order valence-corrected chi connectivity index (χ1v) is 14.5. The van der Waals surface area contributed by atoms with Gasteiger partial charge in [-0.3, -0.25) is 14.5 Å². The van der Waals surface area contributed by atoms with Crippen molar-refractivity contribution in [2.24, 2.45) is 0 Å². The molecule has 1 aromatic heterocycles. The lowest BCUT2D eigenvalue weighted by molar-refractivity contribution is -0.130. The van der Waals surface area contributed by atoms with Gasteiger partial charge in [-0.1, -0.05) is 36.4 Å². The quantitative estimate of drug-likeness (QED) is 0.321. The van der Waals surface area contributed by atoms with Crippen LogP contribution in [0.25, 0.3) is 22.2 Å². The molecular formula is C32H37N7O5. The molecule has 0 radical (unpaired) electrons. The van der Waals surface area contributed by atoms with Gasteiger partial charge in [-0.25, -0.2) is 4.79 Å². The van der Waals surface area contributed by atoms with Gasteiger partial charge >= 0.3 is 6.09 Å². The number of H-pyrrole nitrogens is 1. The number of tetrazole rings is 1. The van der Waals surface area contributed by atoms with Crippen LogP contribution in [-0.4, -0.2) is 75.3 Å². The van der Waals surface area contributed by atoms with Gasteiger partial charge in [0.2, 0.25) is 17.6 Å². The van der Waals surface area contributed by atoms with Crippen molar-refractivity contribution in [1.29, 1.82) is 0 Å². The highest BCUT2D eigenvalue weighted by molar-refractivity contribution is 6.03. The van der Waals surface area contributed by atoms with Gasteiger partial charge in [0.25, 0.3) is 0 Å². The SMILES string of the molecule is COc1ccc2c(-c3nn[nH]n3)cccc2c1CN1C(=O)[C@@H](NC(=O)[C@H](C)N(C)C(=O)OC(C)(C)C)CCc2ccccc21. The van der Waals surface area contributed by atoms with Gasteiger partial charge in [0.15, 0.2) is 0 Å². The number of carbonyl (C=O) groups excluding carboxylic acids is 3. The molecule has 2 atom stereocenters. The van der Waals surface area contributed by atoms with Crippen molar-refractivity contribution < 1.29 is 23.9 Å². The summed E-state index contributed by atoms with van der Waals surface area (Å²) in [5.74, 6) is 0.362. The molecule has 0 bridgehead atoms. The average molecular weight is 600 g/mol. The summed E-state index contributed by atoms with van der Waals surface area (Å²) in [6, 6.07) is 15.6. The summed E-state index contributed by atoms with van der Waals surface area (Å²) in [6.07, 6.45) is 0.355. The molecule has 0 saturated carbocycles. The summed E-state index contributed by atoms with van der Waals surface area (Å²) in [4.78, 5) is 43.2. The second kappa shape index (κ2) is 12.3. The molecule has 3 aromatic carbocycles. The molecule has 12 nitrogen and oxygen atoms in total. The third kappa shape index (κ3) is 6.19. The largest absolute Gasteiger partial charge is 0.496 e. The zero-order valence-corrected chi connectivity index (χ0v) is 25.7. The lowest BCUT2D eigenvalue weighted by Crippen LogP contribution is -2.54. The fourth-order valence-electron chi connectivity index (χ4n) is 5.36. The van der Waals surface area contributed by atoms with Crippen molar-refractivity contribution in [2.45, 2.75) is 64.8 Å². The zero-order chi connectivity index (χ0) is 31.6. The fourth-order valence-corrected chi connectivity index (χ4v) is 5.36. The molecule has 2 heterocycles. The van der Waals surface area contributed by atoms with E-state index in [-0.39, 0.29) is 12.5 Å². The highest BCUT2D eigenvalue weighted by Gasteiger charge is 2.35. The van der Waals surface area contributed by atoms with E-state index in [2.05, 4.69) is 25.9 Å². The number of aromatic nitrogens is 4. The van der Waals surface area contributed by atoms with Crippen molar-refractivity contribution in [3.8, 4) is 17.1 Å². The molecule has 12 heteroatoms. The van der Waals surface area contributed by atoms with E-state index in [1.807, 2.05) is 54.6 Å². The van der Waals surface area contributed by atoms with Gasteiger partial charge in [0.05, 0.1) is 13.7 Å². The molecular weight excluding hydrogens is 562 g/mol. The predicted molar refractivity (Wildman–Crippen MR) is 165 cm³/mol. The van der Waals surface area contributed by atoms with Crippen LogP contribution in [0, 0.1) is 0 Å². The lowest BCUT2D eigenvalue weighted by Gasteiger charge is -2.30. The lowest BCUT2D eigenvalue weighted by atomic mass is 9.98. The Morgan fingerprint density at radius 3 is 2.59 bits per heavy atom. The fraction of sp³-hybridized carbons (Fsp3) is 0.375. The molecule has 1 aliphatic rings. The van der Waals surface area contributed by atoms with Crippen molar-refractivity contribution in [3.05, 3.63) is 65.7 Å². The molecule has 0 aliphatic carbocycles. The Hall–Kier alpha value is -5.00. The number of hydrogen-bond acceptors (Lipinski definition) is 8. The number of benzene rings is 3. The first kappa shape index (κ1) is 30.5. The third-order valence-electron chi connectivity index (χ3n) is 7.76. The van der Waals surface area contributed by atoms with E-state index in [4.69, 9.17) is 9.47 Å². The minimum Gasteiger partial charge on any atom is -0.496 e. The molecule has 0 spiro atoms. The number of para-hydroxylation sites is 1. The van der Waals surface area contributed by atoms with Crippen LogP contribution in [0.4, 0.5) is 10.5 Å². The molecule has 0 saturated heterocycles. The van der Waals surface area contributed by atoms with Crippen LogP contribution in [0.15, 0.2) is 54.6 Å². The molecule has 3 amide bonds. The van der Waals surface area contributed by atoms with Crippen LogP contribution < -0.4 is 15.0 Å². The first-order valence-electron chi connectivity index (χ1n) is 14.5. The van der Waals surface area contributed by atoms with Gasteiger partial charge in [0.1, 0.15) is 23.4 Å². The van der Waals surface area contributed by atoms with Gasteiger partial charge in [-0.05, 0) is 80.3 Å². The minimum absolute atomic E-state index is 0.186. The van der Waals surface area contributed by atoms with E-state index in [0.717, 1.165) is 33.2 Å². The molecule has 44 heavy (non-hydrogen) atoms. The van der Waals surface area contributed by atoms with E-state index in [1.165, 1.54) is 11.9 Å². The Morgan fingerprint density at radius 2 is 1.89 bits per heavy atom. The van der Waals surface area contributed by atoms with Gasteiger partial charge in [0, 0.05) is 23.9 Å².